The number of ether oxygens (including phenoxy) is 2. The van der Waals surface area contributed by atoms with Crippen molar-refractivity contribution < 1.29 is 23.0 Å². The molecule has 1 heterocycles. The van der Waals surface area contributed by atoms with Gasteiger partial charge in [-0.05, 0) is 36.1 Å². The summed E-state index contributed by atoms with van der Waals surface area (Å²) < 4.78 is 34.5. The van der Waals surface area contributed by atoms with E-state index < -0.39 is 12.0 Å². The lowest BCUT2D eigenvalue weighted by molar-refractivity contribution is -0.130. The monoisotopic (exact) mass is 361 g/mol. The summed E-state index contributed by atoms with van der Waals surface area (Å²) in [6.07, 6.45) is 1.22. The maximum Gasteiger partial charge on any atom is 0.387 e. The molecule has 138 valence electrons. The Bertz CT molecular complexity index is 731. The summed E-state index contributed by atoms with van der Waals surface area (Å²) in [6.45, 7) is -1.57. The molecule has 3 rings (SSSR count). The Morgan fingerprint density at radius 2 is 1.85 bits per heavy atom. The van der Waals surface area contributed by atoms with E-state index in [9.17, 15) is 13.6 Å². The maximum absolute atomic E-state index is 13.0. The van der Waals surface area contributed by atoms with Crippen LogP contribution in [-0.2, 0) is 21.5 Å². The molecule has 0 bridgehead atoms. The van der Waals surface area contributed by atoms with E-state index in [4.69, 9.17) is 4.74 Å². The highest BCUT2D eigenvalue weighted by Gasteiger charge is 2.41. The number of rotatable bonds is 6. The first-order valence-corrected chi connectivity index (χ1v) is 8.55. The van der Waals surface area contributed by atoms with Crippen LogP contribution in [0.1, 0.15) is 24.0 Å². The highest BCUT2D eigenvalue weighted by Crippen LogP contribution is 2.35. The molecule has 6 heteroatoms. The van der Waals surface area contributed by atoms with E-state index in [-0.39, 0.29) is 18.2 Å². The molecule has 4 nitrogen and oxygen atoms in total. The van der Waals surface area contributed by atoms with Crippen molar-refractivity contribution in [3.63, 3.8) is 0 Å². The van der Waals surface area contributed by atoms with Gasteiger partial charge in [0.1, 0.15) is 5.75 Å². The van der Waals surface area contributed by atoms with E-state index in [0.29, 0.717) is 31.6 Å². The van der Waals surface area contributed by atoms with E-state index in [1.54, 1.807) is 12.1 Å². The van der Waals surface area contributed by atoms with Gasteiger partial charge in [0, 0.05) is 19.8 Å². The number of nitrogens with one attached hydrogen (secondary N) is 1. The minimum Gasteiger partial charge on any atom is -0.435 e. The van der Waals surface area contributed by atoms with Crippen LogP contribution in [0.15, 0.2) is 54.6 Å². The largest absolute Gasteiger partial charge is 0.435 e. The molecule has 0 aromatic heterocycles. The van der Waals surface area contributed by atoms with Gasteiger partial charge in [0.15, 0.2) is 0 Å². The smallest absolute Gasteiger partial charge is 0.387 e. The van der Waals surface area contributed by atoms with Gasteiger partial charge in [-0.1, -0.05) is 42.5 Å². The van der Waals surface area contributed by atoms with Gasteiger partial charge < -0.3 is 14.8 Å². The second kappa shape index (κ2) is 8.27. The third kappa shape index (κ3) is 4.19. The third-order valence-corrected chi connectivity index (χ3v) is 4.68. The number of benzene rings is 2. The van der Waals surface area contributed by atoms with Crippen LogP contribution in [0.4, 0.5) is 8.78 Å². The summed E-state index contributed by atoms with van der Waals surface area (Å²) in [5, 5.41) is 2.95. The molecule has 1 amide bonds. The summed E-state index contributed by atoms with van der Waals surface area (Å²) in [6, 6.07) is 16.0. The van der Waals surface area contributed by atoms with Gasteiger partial charge in [0.05, 0.1) is 5.41 Å². The number of hydrogen-bond donors (Lipinski definition) is 1. The van der Waals surface area contributed by atoms with Gasteiger partial charge in [-0.25, -0.2) is 0 Å². The van der Waals surface area contributed by atoms with Gasteiger partial charge >= 0.3 is 6.61 Å². The highest BCUT2D eigenvalue weighted by molar-refractivity contribution is 5.88. The summed E-state index contributed by atoms with van der Waals surface area (Å²) in [5.74, 6) is 0.00256. The first-order chi connectivity index (χ1) is 12.6. The van der Waals surface area contributed by atoms with Crippen LogP contribution in [0.5, 0.6) is 5.75 Å². The van der Waals surface area contributed by atoms with Gasteiger partial charge in [-0.3, -0.25) is 4.79 Å². The summed E-state index contributed by atoms with van der Waals surface area (Å²) in [5.41, 5.74) is 1.04. The van der Waals surface area contributed by atoms with Gasteiger partial charge in [0.25, 0.3) is 0 Å². The van der Waals surface area contributed by atoms with Crippen molar-refractivity contribution in [2.45, 2.75) is 31.4 Å². The normalized spacial score (nSPS) is 16.3. The topological polar surface area (TPSA) is 47.6 Å². The lowest BCUT2D eigenvalue weighted by Crippen LogP contribution is -2.47. The maximum atomic E-state index is 13.0. The molecule has 0 atom stereocenters. The molecule has 1 N–H and O–H groups in total. The van der Waals surface area contributed by atoms with Crippen molar-refractivity contribution in [2.75, 3.05) is 13.2 Å². The second-order valence-electron chi connectivity index (χ2n) is 6.27. The van der Waals surface area contributed by atoms with Crippen LogP contribution in [0, 0.1) is 0 Å². The zero-order valence-corrected chi connectivity index (χ0v) is 14.3. The summed E-state index contributed by atoms with van der Waals surface area (Å²) in [7, 11) is 0. The fourth-order valence-corrected chi connectivity index (χ4v) is 3.31. The highest BCUT2D eigenvalue weighted by atomic mass is 19.3. The van der Waals surface area contributed by atoms with E-state index in [1.807, 2.05) is 30.3 Å². The Balaban J connectivity index is 1.73. The Morgan fingerprint density at radius 1 is 1.12 bits per heavy atom. The Labute approximate surface area is 151 Å². The number of carbonyl (C=O) groups is 1. The molecule has 1 saturated heterocycles. The zero-order chi connectivity index (χ0) is 18.4. The summed E-state index contributed by atoms with van der Waals surface area (Å²) in [4.78, 5) is 13.0. The molecule has 26 heavy (non-hydrogen) atoms. The average Bonchev–Trinajstić information content (AvgIpc) is 2.67. The van der Waals surface area contributed by atoms with Crippen LogP contribution in [-0.4, -0.2) is 25.7 Å². The van der Waals surface area contributed by atoms with Crippen molar-refractivity contribution >= 4 is 5.91 Å². The van der Waals surface area contributed by atoms with Crippen LogP contribution in [0.2, 0.25) is 0 Å². The SMILES string of the molecule is O=C(NCc1cccc(OC(F)F)c1)C1(c2ccccc2)CCOCC1. The lowest BCUT2D eigenvalue weighted by Gasteiger charge is -2.36. The van der Waals surface area contributed by atoms with E-state index in [0.717, 1.165) is 5.56 Å². The van der Waals surface area contributed by atoms with Gasteiger partial charge in [-0.2, -0.15) is 8.78 Å². The first kappa shape index (κ1) is 18.3. The van der Waals surface area contributed by atoms with Crippen LogP contribution >= 0.6 is 0 Å². The number of halogens is 2. The molecule has 0 spiro atoms. The van der Waals surface area contributed by atoms with Crippen LogP contribution in [0.3, 0.4) is 0 Å². The van der Waals surface area contributed by atoms with Crippen molar-refractivity contribution in [1.29, 1.82) is 0 Å². The number of alkyl halides is 2. The predicted octanol–water partition coefficient (Wildman–Crippen LogP) is 3.65. The second-order valence-corrected chi connectivity index (χ2v) is 6.27. The Hall–Kier alpha value is -2.47. The molecule has 0 saturated carbocycles. The molecule has 1 fully saturated rings. The Morgan fingerprint density at radius 3 is 2.54 bits per heavy atom. The predicted molar refractivity (Wildman–Crippen MR) is 93.1 cm³/mol. The molecule has 2 aromatic carbocycles. The molecule has 1 aliphatic rings. The minimum absolute atomic E-state index is 0.0767. The van der Waals surface area contributed by atoms with Crippen LogP contribution in [0.25, 0.3) is 0 Å². The molecular formula is C20H21F2NO3. The van der Waals surface area contributed by atoms with Crippen molar-refractivity contribution in [3.8, 4) is 5.75 Å². The van der Waals surface area contributed by atoms with Crippen molar-refractivity contribution in [1.82, 2.24) is 5.32 Å². The first-order valence-electron chi connectivity index (χ1n) is 8.55. The van der Waals surface area contributed by atoms with Gasteiger partial charge in [0.2, 0.25) is 5.91 Å². The fourth-order valence-electron chi connectivity index (χ4n) is 3.31. The molecule has 1 aliphatic heterocycles. The minimum atomic E-state index is -2.87. The number of amides is 1. The quantitative estimate of drug-likeness (QED) is 0.854. The summed E-state index contributed by atoms with van der Waals surface area (Å²) >= 11 is 0. The third-order valence-electron chi connectivity index (χ3n) is 4.68. The number of carbonyl (C=O) groups excluding carboxylic acids is 1. The van der Waals surface area contributed by atoms with E-state index in [2.05, 4.69) is 10.1 Å². The van der Waals surface area contributed by atoms with Crippen molar-refractivity contribution in [2.24, 2.45) is 0 Å². The fraction of sp³-hybridized carbons (Fsp3) is 0.350. The molecule has 0 unspecified atom stereocenters. The molecule has 0 radical (unpaired) electrons. The molecular weight excluding hydrogens is 340 g/mol. The van der Waals surface area contributed by atoms with E-state index in [1.165, 1.54) is 12.1 Å². The zero-order valence-electron chi connectivity index (χ0n) is 14.3. The number of hydrogen-bond acceptors (Lipinski definition) is 3. The van der Waals surface area contributed by atoms with Crippen molar-refractivity contribution in [3.05, 3.63) is 65.7 Å². The van der Waals surface area contributed by atoms with Crippen LogP contribution < -0.4 is 10.1 Å². The molecule has 2 aromatic rings. The lowest BCUT2D eigenvalue weighted by atomic mass is 9.73. The Kier molecular flexibility index (Phi) is 5.83. The molecule has 0 aliphatic carbocycles. The average molecular weight is 361 g/mol. The standard InChI is InChI=1S/C20H21F2NO3/c21-19(22)26-17-8-4-5-15(13-17)14-23-18(24)20(9-11-25-12-10-20)16-6-2-1-3-7-16/h1-8,13,19H,9-12,14H2,(H,23,24). The van der Waals surface area contributed by atoms with E-state index >= 15 is 0 Å². The van der Waals surface area contributed by atoms with Gasteiger partial charge in [-0.15, -0.1) is 0 Å².